The van der Waals surface area contributed by atoms with Crippen LogP contribution in [-0.2, 0) is 11.2 Å². The van der Waals surface area contributed by atoms with Crippen molar-refractivity contribution in [3.63, 3.8) is 0 Å². The summed E-state index contributed by atoms with van der Waals surface area (Å²) < 4.78 is 11.7. The number of imide groups is 1. The van der Waals surface area contributed by atoms with Crippen LogP contribution in [0.5, 0.6) is 11.5 Å². The monoisotopic (exact) mass is 460 g/mol. The molecule has 3 heterocycles. The van der Waals surface area contributed by atoms with Crippen molar-refractivity contribution in [3.8, 4) is 11.5 Å². The molecule has 7 nitrogen and oxygen atoms in total. The van der Waals surface area contributed by atoms with Crippen LogP contribution in [0.4, 0.5) is 0 Å². The largest absolute Gasteiger partial charge is 0.490 e. The van der Waals surface area contributed by atoms with E-state index >= 15 is 0 Å². The molecule has 1 N–H and O–H groups in total. The van der Waals surface area contributed by atoms with Crippen molar-refractivity contribution < 1.29 is 23.9 Å². The van der Waals surface area contributed by atoms with Crippen LogP contribution in [0.15, 0.2) is 42.5 Å². The summed E-state index contributed by atoms with van der Waals surface area (Å²) in [6.07, 6.45) is 3.54. The quantitative estimate of drug-likeness (QED) is 0.542. The van der Waals surface area contributed by atoms with Gasteiger partial charge in [-0.3, -0.25) is 19.3 Å². The summed E-state index contributed by atoms with van der Waals surface area (Å²) in [6, 6.07) is 9.77. The molecule has 7 heteroatoms. The maximum absolute atomic E-state index is 13.6. The smallest absolute Gasteiger partial charge is 0.262 e. The number of rotatable bonds is 5. The van der Waals surface area contributed by atoms with Gasteiger partial charge < -0.3 is 14.8 Å². The van der Waals surface area contributed by atoms with E-state index in [1.807, 2.05) is 26.0 Å². The van der Waals surface area contributed by atoms with Gasteiger partial charge >= 0.3 is 0 Å². The van der Waals surface area contributed by atoms with Crippen LogP contribution in [0.25, 0.3) is 5.70 Å². The minimum atomic E-state index is -0.868. The van der Waals surface area contributed by atoms with Crippen LogP contribution >= 0.6 is 0 Å². The van der Waals surface area contributed by atoms with Crippen molar-refractivity contribution in [3.05, 3.63) is 64.7 Å². The van der Waals surface area contributed by atoms with Gasteiger partial charge in [-0.15, -0.1) is 0 Å². The average Bonchev–Trinajstić information content (AvgIpc) is 2.95. The summed E-state index contributed by atoms with van der Waals surface area (Å²) in [4.78, 5) is 41.0. The molecule has 0 aromatic heterocycles. The molecule has 34 heavy (non-hydrogen) atoms. The second-order valence-corrected chi connectivity index (χ2v) is 9.31. The highest BCUT2D eigenvalue weighted by Gasteiger charge is 2.42. The second-order valence-electron chi connectivity index (χ2n) is 9.31. The minimum Gasteiger partial charge on any atom is -0.490 e. The van der Waals surface area contributed by atoms with Crippen molar-refractivity contribution in [2.45, 2.75) is 39.2 Å². The van der Waals surface area contributed by atoms with Crippen LogP contribution in [0.1, 0.15) is 58.5 Å². The maximum atomic E-state index is 13.6. The van der Waals surface area contributed by atoms with Crippen LogP contribution in [-0.4, -0.2) is 48.3 Å². The van der Waals surface area contributed by atoms with Gasteiger partial charge in [-0.25, -0.2) is 0 Å². The summed E-state index contributed by atoms with van der Waals surface area (Å²) in [7, 11) is 0. The molecule has 0 bridgehead atoms. The van der Waals surface area contributed by atoms with E-state index in [4.69, 9.17) is 9.47 Å². The Morgan fingerprint density at radius 1 is 1.03 bits per heavy atom. The molecule has 2 aromatic carbocycles. The number of ether oxygens (including phenoxy) is 2. The Bertz CT molecular complexity index is 1160. The number of benzene rings is 2. The van der Waals surface area contributed by atoms with Crippen LogP contribution < -0.4 is 14.8 Å². The Hall–Kier alpha value is -3.61. The number of nitrogens with one attached hydrogen (secondary N) is 1. The van der Waals surface area contributed by atoms with Gasteiger partial charge in [0.2, 0.25) is 0 Å². The normalized spacial score (nSPS) is 18.9. The van der Waals surface area contributed by atoms with Crippen molar-refractivity contribution in [1.82, 2.24) is 10.2 Å². The third kappa shape index (κ3) is 3.95. The molecular formula is C27H28N2O5. The number of fused-ring (bicyclic) bond motifs is 3. The first-order chi connectivity index (χ1) is 16.4. The molecule has 1 atom stereocenters. The molecule has 3 aliphatic rings. The standard InChI is InChI=1S/C27H28N2O5/c1-16(2)12-22(29-26(31)18-6-3-4-7-19(18)27(29)32)23(30)15-21-20-14-25-24(33-10-5-11-34-25)13-17(20)8-9-28-21/h3-4,6-7,13-16,22,28H,5,8-12H2,1-2H3/b21-15-/t22-/m1/s1. The van der Waals surface area contributed by atoms with E-state index in [1.54, 1.807) is 30.3 Å². The third-order valence-electron chi connectivity index (χ3n) is 6.42. The molecule has 0 unspecified atom stereocenters. The number of carbonyl (C=O) groups excluding carboxylic acids is 3. The fraction of sp³-hybridized carbons (Fsp3) is 0.370. The lowest BCUT2D eigenvalue weighted by Crippen LogP contribution is -2.45. The summed E-state index contributed by atoms with van der Waals surface area (Å²) in [6.45, 7) is 5.82. The Morgan fingerprint density at radius 2 is 1.68 bits per heavy atom. The van der Waals surface area contributed by atoms with Gasteiger partial charge in [0.05, 0.1) is 24.3 Å². The first kappa shape index (κ1) is 22.2. The molecule has 5 rings (SSSR count). The molecule has 0 radical (unpaired) electrons. The molecule has 0 fully saturated rings. The highest BCUT2D eigenvalue weighted by molar-refractivity contribution is 6.23. The van der Waals surface area contributed by atoms with Gasteiger partial charge in [0.1, 0.15) is 6.04 Å². The number of carbonyl (C=O) groups is 3. The van der Waals surface area contributed by atoms with Crippen molar-refractivity contribution in [2.24, 2.45) is 5.92 Å². The zero-order chi connectivity index (χ0) is 23.8. The first-order valence-electron chi connectivity index (χ1n) is 11.8. The van der Waals surface area contributed by atoms with Crippen molar-refractivity contribution in [1.29, 1.82) is 0 Å². The van der Waals surface area contributed by atoms with E-state index in [1.165, 1.54) is 0 Å². The predicted octanol–water partition coefficient (Wildman–Crippen LogP) is 3.61. The fourth-order valence-corrected chi connectivity index (χ4v) is 4.79. The molecular weight excluding hydrogens is 432 g/mol. The topological polar surface area (TPSA) is 84.9 Å². The van der Waals surface area contributed by atoms with E-state index in [-0.39, 0.29) is 11.7 Å². The summed E-state index contributed by atoms with van der Waals surface area (Å²) in [5.74, 6) is 0.414. The second kappa shape index (κ2) is 8.97. The van der Waals surface area contributed by atoms with E-state index < -0.39 is 17.9 Å². The van der Waals surface area contributed by atoms with Crippen LogP contribution in [0.2, 0.25) is 0 Å². The zero-order valence-electron chi connectivity index (χ0n) is 19.4. The van der Waals surface area contributed by atoms with Crippen LogP contribution in [0, 0.1) is 5.92 Å². The van der Waals surface area contributed by atoms with Gasteiger partial charge in [-0.1, -0.05) is 26.0 Å². The number of amides is 2. The van der Waals surface area contributed by atoms with E-state index in [0.717, 1.165) is 34.6 Å². The third-order valence-corrected chi connectivity index (χ3v) is 6.42. The number of hydrogen-bond donors (Lipinski definition) is 1. The Kier molecular flexibility index (Phi) is 5.86. The van der Waals surface area contributed by atoms with Crippen LogP contribution in [0.3, 0.4) is 0 Å². The number of nitrogens with zero attached hydrogens (tertiary/aromatic N) is 1. The fourth-order valence-electron chi connectivity index (χ4n) is 4.79. The summed E-state index contributed by atoms with van der Waals surface area (Å²) in [5, 5.41) is 3.32. The van der Waals surface area contributed by atoms with Crippen molar-refractivity contribution >= 4 is 23.3 Å². The lowest BCUT2D eigenvalue weighted by molar-refractivity contribution is -0.118. The van der Waals surface area contributed by atoms with Gasteiger partial charge in [0.15, 0.2) is 17.3 Å². The first-order valence-corrected chi connectivity index (χ1v) is 11.8. The SMILES string of the molecule is CC(C)C[C@H](C(=O)/C=C1\NCCc2cc3c(cc21)OCCCO3)N1C(=O)c2ccccc2C1=O. The Balaban J connectivity index is 1.50. The lowest BCUT2D eigenvalue weighted by atomic mass is 9.93. The molecule has 176 valence electrons. The zero-order valence-corrected chi connectivity index (χ0v) is 19.4. The Morgan fingerprint density at radius 3 is 2.32 bits per heavy atom. The number of hydrogen-bond acceptors (Lipinski definition) is 6. The highest BCUT2D eigenvalue weighted by atomic mass is 16.5. The molecule has 0 saturated carbocycles. The predicted molar refractivity (Wildman–Crippen MR) is 127 cm³/mol. The van der Waals surface area contributed by atoms with Crippen molar-refractivity contribution in [2.75, 3.05) is 19.8 Å². The van der Waals surface area contributed by atoms with E-state index in [2.05, 4.69) is 5.32 Å². The van der Waals surface area contributed by atoms with Gasteiger partial charge in [-0.05, 0) is 48.6 Å². The highest BCUT2D eigenvalue weighted by Crippen LogP contribution is 2.37. The molecule has 2 aromatic rings. The molecule has 0 saturated heterocycles. The summed E-state index contributed by atoms with van der Waals surface area (Å²) in [5.41, 5.74) is 3.33. The van der Waals surface area contributed by atoms with Gasteiger partial charge in [0, 0.05) is 30.3 Å². The molecule has 2 amide bonds. The number of ketones is 1. The lowest BCUT2D eigenvalue weighted by Gasteiger charge is -2.27. The van der Waals surface area contributed by atoms with Gasteiger partial charge in [0.25, 0.3) is 11.8 Å². The van der Waals surface area contributed by atoms with E-state index in [9.17, 15) is 14.4 Å². The maximum Gasteiger partial charge on any atom is 0.262 e. The molecule has 0 spiro atoms. The molecule has 3 aliphatic heterocycles. The minimum absolute atomic E-state index is 0.115. The average molecular weight is 461 g/mol. The molecule has 0 aliphatic carbocycles. The van der Waals surface area contributed by atoms with E-state index in [0.29, 0.717) is 48.8 Å². The Labute approximate surface area is 198 Å². The van der Waals surface area contributed by atoms with Gasteiger partial charge in [-0.2, -0.15) is 0 Å². The summed E-state index contributed by atoms with van der Waals surface area (Å²) >= 11 is 0.